The van der Waals surface area contributed by atoms with Crippen LogP contribution in [-0.2, 0) is 16.4 Å². The van der Waals surface area contributed by atoms with Crippen molar-refractivity contribution in [1.29, 1.82) is 0 Å². The largest absolute Gasteiger partial charge is 0.240 e. The topological polar surface area (TPSA) is 18.5 Å². The summed E-state index contributed by atoms with van der Waals surface area (Å²) in [6, 6.07) is 8.14. The smallest absolute Gasteiger partial charge is 0.107 e. The third-order valence-electron chi connectivity index (χ3n) is 1.46. The molecule has 1 aromatic rings. The van der Waals surface area contributed by atoms with Crippen LogP contribution in [0.4, 0.5) is 0 Å². The molecule has 2 nitrogen and oxygen atoms in total. The van der Waals surface area contributed by atoms with Gasteiger partial charge in [-0.15, -0.1) is 0 Å². The first kappa shape index (κ1) is 8.24. The van der Waals surface area contributed by atoms with Crippen molar-refractivity contribution in [3.63, 3.8) is 0 Å². The standard InChI is InChI=1S/C9H12O2/c1-8-3-5-9(6-4-8)7-11-10-2/h3-6H,7H2,1-2H3. The summed E-state index contributed by atoms with van der Waals surface area (Å²) in [5, 5.41) is 0. The van der Waals surface area contributed by atoms with Gasteiger partial charge in [0.1, 0.15) is 6.61 Å². The van der Waals surface area contributed by atoms with Gasteiger partial charge in [0, 0.05) is 0 Å². The van der Waals surface area contributed by atoms with Crippen LogP contribution in [0.15, 0.2) is 24.3 Å². The molecule has 0 fully saturated rings. The highest BCUT2D eigenvalue weighted by molar-refractivity contribution is 5.20. The van der Waals surface area contributed by atoms with Crippen LogP contribution in [0, 0.1) is 6.92 Å². The number of rotatable bonds is 3. The second-order valence-electron chi connectivity index (χ2n) is 2.41. The first-order valence-electron chi connectivity index (χ1n) is 3.54. The molecule has 0 saturated carbocycles. The fourth-order valence-corrected chi connectivity index (χ4v) is 0.811. The molecule has 1 rings (SSSR count). The van der Waals surface area contributed by atoms with Crippen LogP contribution in [0.2, 0.25) is 0 Å². The van der Waals surface area contributed by atoms with Gasteiger partial charge in [0.25, 0.3) is 0 Å². The van der Waals surface area contributed by atoms with Gasteiger partial charge in [-0.25, -0.2) is 9.78 Å². The minimum absolute atomic E-state index is 0.511. The lowest BCUT2D eigenvalue weighted by Gasteiger charge is -1.99. The Morgan fingerprint density at radius 2 is 1.82 bits per heavy atom. The molecular weight excluding hydrogens is 140 g/mol. The molecule has 1 aromatic carbocycles. The van der Waals surface area contributed by atoms with E-state index in [-0.39, 0.29) is 0 Å². The Kier molecular flexibility index (Phi) is 3.08. The summed E-state index contributed by atoms with van der Waals surface area (Å²) in [5.41, 5.74) is 2.38. The molecule has 11 heavy (non-hydrogen) atoms. The zero-order valence-corrected chi connectivity index (χ0v) is 6.83. The average Bonchev–Trinajstić information content (AvgIpc) is 2.04. The molecule has 0 aromatic heterocycles. The van der Waals surface area contributed by atoms with Gasteiger partial charge in [-0.05, 0) is 12.5 Å². The first-order valence-corrected chi connectivity index (χ1v) is 3.54. The summed E-state index contributed by atoms with van der Waals surface area (Å²) in [6.45, 7) is 2.57. The summed E-state index contributed by atoms with van der Waals surface area (Å²) in [4.78, 5) is 9.24. The van der Waals surface area contributed by atoms with Crippen molar-refractivity contribution in [3.05, 3.63) is 35.4 Å². The van der Waals surface area contributed by atoms with Gasteiger partial charge in [-0.3, -0.25) is 0 Å². The molecular formula is C9H12O2. The number of hydrogen-bond donors (Lipinski definition) is 0. The summed E-state index contributed by atoms with van der Waals surface area (Å²) in [5.74, 6) is 0. The first-order chi connectivity index (χ1) is 5.33. The van der Waals surface area contributed by atoms with Gasteiger partial charge in [-0.1, -0.05) is 29.8 Å². The highest BCUT2D eigenvalue weighted by Gasteiger charge is 1.90. The minimum Gasteiger partial charge on any atom is -0.240 e. The predicted octanol–water partition coefficient (Wildman–Crippen LogP) is 2.07. The lowest BCUT2D eigenvalue weighted by atomic mass is 10.2. The van der Waals surface area contributed by atoms with Gasteiger partial charge in [0.2, 0.25) is 0 Å². The van der Waals surface area contributed by atoms with Crippen LogP contribution < -0.4 is 0 Å². The molecule has 0 unspecified atom stereocenters. The maximum Gasteiger partial charge on any atom is 0.107 e. The van der Waals surface area contributed by atoms with Crippen LogP contribution >= 0.6 is 0 Å². The van der Waals surface area contributed by atoms with Gasteiger partial charge in [0.15, 0.2) is 0 Å². The molecule has 0 amide bonds. The molecule has 2 heteroatoms. The van der Waals surface area contributed by atoms with E-state index >= 15 is 0 Å². The third kappa shape index (κ3) is 2.70. The number of hydrogen-bond acceptors (Lipinski definition) is 2. The number of aryl methyl sites for hydroxylation is 1. The van der Waals surface area contributed by atoms with Crippen molar-refractivity contribution in [2.24, 2.45) is 0 Å². The summed E-state index contributed by atoms with van der Waals surface area (Å²) in [6.07, 6.45) is 0. The van der Waals surface area contributed by atoms with Gasteiger partial charge < -0.3 is 0 Å². The molecule has 0 aliphatic heterocycles. The van der Waals surface area contributed by atoms with E-state index in [1.165, 1.54) is 12.7 Å². The Morgan fingerprint density at radius 1 is 1.18 bits per heavy atom. The molecule has 0 atom stereocenters. The highest BCUT2D eigenvalue weighted by atomic mass is 17.2. The molecule has 0 heterocycles. The van der Waals surface area contributed by atoms with E-state index in [1.54, 1.807) is 0 Å². The Morgan fingerprint density at radius 3 is 2.36 bits per heavy atom. The van der Waals surface area contributed by atoms with E-state index < -0.39 is 0 Å². The quantitative estimate of drug-likeness (QED) is 0.487. The zero-order valence-electron chi connectivity index (χ0n) is 6.83. The lowest BCUT2D eigenvalue weighted by Crippen LogP contribution is -1.90. The normalized spacial score (nSPS) is 10.0. The summed E-state index contributed by atoms with van der Waals surface area (Å²) >= 11 is 0. The Hall–Kier alpha value is -0.860. The van der Waals surface area contributed by atoms with Gasteiger partial charge in [-0.2, -0.15) is 0 Å². The van der Waals surface area contributed by atoms with Crippen LogP contribution in [0.3, 0.4) is 0 Å². The average molecular weight is 152 g/mol. The minimum atomic E-state index is 0.511. The molecule has 0 bridgehead atoms. The SMILES string of the molecule is COOCc1ccc(C)cc1. The molecule has 0 saturated heterocycles. The Bertz CT molecular complexity index is 203. The van der Waals surface area contributed by atoms with Crippen molar-refractivity contribution in [3.8, 4) is 0 Å². The van der Waals surface area contributed by atoms with Crippen LogP contribution in [0.1, 0.15) is 11.1 Å². The van der Waals surface area contributed by atoms with Crippen molar-refractivity contribution in [2.45, 2.75) is 13.5 Å². The zero-order chi connectivity index (χ0) is 8.10. The van der Waals surface area contributed by atoms with E-state index in [0.29, 0.717) is 6.61 Å². The Balaban J connectivity index is 2.52. The van der Waals surface area contributed by atoms with Crippen LogP contribution in [-0.4, -0.2) is 7.11 Å². The van der Waals surface area contributed by atoms with E-state index in [9.17, 15) is 0 Å². The highest BCUT2D eigenvalue weighted by Crippen LogP contribution is 2.03. The summed E-state index contributed by atoms with van der Waals surface area (Å²) < 4.78 is 0. The lowest BCUT2D eigenvalue weighted by molar-refractivity contribution is -0.282. The molecule has 0 aliphatic rings. The Labute approximate surface area is 66.7 Å². The van der Waals surface area contributed by atoms with Crippen LogP contribution in [0.25, 0.3) is 0 Å². The molecule has 0 radical (unpaired) electrons. The molecule has 0 spiro atoms. The van der Waals surface area contributed by atoms with Crippen LogP contribution in [0.5, 0.6) is 0 Å². The fraction of sp³-hybridized carbons (Fsp3) is 0.333. The van der Waals surface area contributed by atoms with Gasteiger partial charge in [0.05, 0.1) is 7.11 Å². The fourth-order valence-electron chi connectivity index (χ4n) is 0.811. The second kappa shape index (κ2) is 4.11. The van der Waals surface area contributed by atoms with E-state index in [4.69, 9.17) is 4.89 Å². The van der Waals surface area contributed by atoms with Crippen molar-refractivity contribution in [2.75, 3.05) is 7.11 Å². The van der Waals surface area contributed by atoms with E-state index in [2.05, 4.69) is 11.8 Å². The maximum absolute atomic E-state index is 4.76. The molecule has 0 N–H and O–H groups in total. The van der Waals surface area contributed by atoms with Gasteiger partial charge >= 0.3 is 0 Å². The third-order valence-corrected chi connectivity index (χ3v) is 1.46. The second-order valence-corrected chi connectivity index (χ2v) is 2.41. The summed E-state index contributed by atoms with van der Waals surface area (Å²) in [7, 11) is 1.51. The molecule has 0 aliphatic carbocycles. The van der Waals surface area contributed by atoms with Crippen molar-refractivity contribution in [1.82, 2.24) is 0 Å². The van der Waals surface area contributed by atoms with E-state index in [1.807, 2.05) is 24.3 Å². The molecule has 60 valence electrons. The monoisotopic (exact) mass is 152 g/mol. The van der Waals surface area contributed by atoms with Crippen molar-refractivity contribution < 1.29 is 9.78 Å². The predicted molar refractivity (Wildman–Crippen MR) is 43.0 cm³/mol. The van der Waals surface area contributed by atoms with E-state index in [0.717, 1.165) is 5.56 Å². The number of benzene rings is 1. The van der Waals surface area contributed by atoms with Crippen molar-refractivity contribution >= 4 is 0 Å². The maximum atomic E-state index is 4.76.